The number of nitrogens with zero attached hydrogens (tertiary/aromatic N) is 3. The first kappa shape index (κ1) is 11.0. The van der Waals surface area contributed by atoms with Gasteiger partial charge in [0.25, 0.3) is 0 Å². The summed E-state index contributed by atoms with van der Waals surface area (Å²) in [6, 6.07) is 2.71. The van der Waals surface area contributed by atoms with Gasteiger partial charge in [-0.05, 0) is 36.4 Å². The highest BCUT2D eigenvalue weighted by atomic mass is 32.1. The molecule has 1 N–H and O–H groups in total. The van der Waals surface area contributed by atoms with Crippen LogP contribution in [0.2, 0.25) is 0 Å². The van der Waals surface area contributed by atoms with Crippen molar-refractivity contribution >= 4 is 17.5 Å². The lowest BCUT2D eigenvalue weighted by molar-refractivity contribution is 0.211. The molecule has 0 saturated carbocycles. The number of aliphatic imine (C=N–C) groups is 1. The van der Waals surface area contributed by atoms with Crippen molar-refractivity contribution in [2.75, 3.05) is 13.1 Å². The summed E-state index contributed by atoms with van der Waals surface area (Å²) in [5.74, 6) is 1.88. The summed E-state index contributed by atoms with van der Waals surface area (Å²) in [6.07, 6.45) is 4.49. The molecular formula is C12H18N4S. The Morgan fingerprint density at radius 2 is 2.47 bits per heavy atom. The van der Waals surface area contributed by atoms with Gasteiger partial charge in [0.15, 0.2) is 5.96 Å². The van der Waals surface area contributed by atoms with E-state index < -0.39 is 0 Å². The third-order valence-electron chi connectivity index (χ3n) is 3.58. The Hall–Kier alpha value is -1.10. The number of piperidine rings is 1. The summed E-state index contributed by atoms with van der Waals surface area (Å²) in [6.45, 7) is 5.30. The van der Waals surface area contributed by atoms with Crippen LogP contribution in [0.5, 0.6) is 0 Å². The number of fused-ring (bicyclic) bond motifs is 1. The zero-order chi connectivity index (χ0) is 11.7. The van der Waals surface area contributed by atoms with E-state index in [1.54, 1.807) is 11.5 Å². The molecule has 0 amide bonds. The van der Waals surface area contributed by atoms with Gasteiger partial charge in [0.05, 0.1) is 19.1 Å². The predicted molar refractivity (Wildman–Crippen MR) is 70.1 cm³/mol. The minimum Gasteiger partial charge on any atom is -0.351 e. The van der Waals surface area contributed by atoms with Crippen LogP contribution in [0.1, 0.15) is 24.6 Å². The quantitative estimate of drug-likeness (QED) is 0.868. The SMILES string of the molecule is CC1CCC2CN=C(NCc3ccns3)N2C1. The second-order valence-corrected chi connectivity index (χ2v) is 5.90. The van der Waals surface area contributed by atoms with Crippen LogP contribution < -0.4 is 5.32 Å². The van der Waals surface area contributed by atoms with Gasteiger partial charge in [-0.15, -0.1) is 0 Å². The van der Waals surface area contributed by atoms with Crippen LogP contribution in [0, 0.1) is 5.92 Å². The molecule has 2 aliphatic heterocycles. The third-order valence-corrected chi connectivity index (χ3v) is 4.32. The number of aromatic nitrogens is 1. The maximum atomic E-state index is 4.63. The molecule has 3 rings (SSSR count). The summed E-state index contributed by atoms with van der Waals surface area (Å²) in [4.78, 5) is 8.35. The molecule has 1 aromatic rings. The lowest BCUT2D eigenvalue weighted by Gasteiger charge is -2.35. The average molecular weight is 250 g/mol. The standard InChI is InChI=1S/C12H18N4S/c1-9-2-3-10-6-13-12(16(10)8-9)14-7-11-4-5-15-17-11/h4-5,9-10H,2-3,6-8H2,1H3,(H,13,14). The van der Waals surface area contributed by atoms with Crippen molar-refractivity contribution < 1.29 is 0 Å². The minimum atomic E-state index is 0.648. The summed E-state index contributed by atoms with van der Waals surface area (Å²) < 4.78 is 4.11. The fourth-order valence-corrected chi connectivity index (χ4v) is 3.11. The van der Waals surface area contributed by atoms with Gasteiger partial charge < -0.3 is 10.2 Å². The normalized spacial score (nSPS) is 27.8. The highest BCUT2D eigenvalue weighted by Gasteiger charge is 2.32. The third kappa shape index (κ3) is 2.29. The number of nitrogens with one attached hydrogen (secondary N) is 1. The van der Waals surface area contributed by atoms with Crippen LogP contribution in [0.15, 0.2) is 17.3 Å². The molecule has 1 saturated heterocycles. The van der Waals surface area contributed by atoms with Crippen molar-refractivity contribution in [3.8, 4) is 0 Å². The second kappa shape index (κ2) is 4.64. The Kier molecular flexibility index (Phi) is 3.01. The Labute approximate surface area is 106 Å². The van der Waals surface area contributed by atoms with Gasteiger partial charge >= 0.3 is 0 Å². The van der Waals surface area contributed by atoms with Crippen LogP contribution in [-0.4, -0.2) is 34.4 Å². The Balaban J connectivity index is 1.60. The topological polar surface area (TPSA) is 40.5 Å². The molecule has 2 atom stereocenters. The Morgan fingerprint density at radius 3 is 3.29 bits per heavy atom. The van der Waals surface area contributed by atoms with E-state index in [4.69, 9.17) is 0 Å². The molecule has 2 aliphatic rings. The molecule has 1 fully saturated rings. The molecule has 0 spiro atoms. The first-order chi connectivity index (χ1) is 8.33. The number of hydrogen-bond acceptors (Lipinski definition) is 5. The van der Waals surface area contributed by atoms with Crippen LogP contribution in [0.3, 0.4) is 0 Å². The lowest BCUT2D eigenvalue weighted by Crippen LogP contribution is -2.48. The van der Waals surface area contributed by atoms with E-state index in [-0.39, 0.29) is 0 Å². The van der Waals surface area contributed by atoms with Crippen LogP contribution >= 0.6 is 11.5 Å². The van der Waals surface area contributed by atoms with E-state index in [1.165, 1.54) is 17.7 Å². The van der Waals surface area contributed by atoms with Crippen molar-refractivity contribution in [2.45, 2.75) is 32.4 Å². The van der Waals surface area contributed by atoms with Gasteiger partial charge in [0, 0.05) is 17.6 Å². The van der Waals surface area contributed by atoms with Crippen molar-refractivity contribution in [2.24, 2.45) is 10.9 Å². The fourth-order valence-electron chi connectivity index (χ4n) is 2.60. The molecule has 92 valence electrons. The van der Waals surface area contributed by atoms with Crippen molar-refractivity contribution in [1.82, 2.24) is 14.6 Å². The molecule has 0 aliphatic carbocycles. The zero-order valence-corrected chi connectivity index (χ0v) is 10.9. The monoisotopic (exact) mass is 250 g/mol. The van der Waals surface area contributed by atoms with Gasteiger partial charge in [-0.2, -0.15) is 0 Å². The largest absolute Gasteiger partial charge is 0.351 e. The molecular weight excluding hydrogens is 232 g/mol. The van der Waals surface area contributed by atoms with Crippen LogP contribution in [-0.2, 0) is 6.54 Å². The Morgan fingerprint density at radius 1 is 1.53 bits per heavy atom. The van der Waals surface area contributed by atoms with E-state index in [0.29, 0.717) is 6.04 Å². The molecule has 17 heavy (non-hydrogen) atoms. The molecule has 4 nitrogen and oxygen atoms in total. The highest BCUT2D eigenvalue weighted by Crippen LogP contribution is 2.25. The van der Waals surface area contributed by atoms with E-state index in [2.05, 4.69) is 32.6 Å². The minimum absolute atomic E-state index is 0.648. The first-order valence-corrected chi connectivity index (χ1v) is 7.05. The summed E-state index contributed by atoms with van der Waals surface area (Å²) in [5, 5.41) is 3.45. The van der Waals surface area contributed by atoms with Crippen LogP contribution in [0.25, 0.3) is 0 Å². The number of guanidine groups is 1. The van der Waals surface area contributed by atoms with Gasteiger partial charge in [0.1, 0.15) is 0 Å². The van der Waals surface area contributed by atoms with Gasteiger partial charge in [-0.1, -0.05) is 6.92 Å². The van der Waals surface area contributed by atoms with Crippen LogP contribution in [0.4, 0.5) is 0 Å². The molecule has 0 bridgehead atoms. The average Bonchev–Trinajstić information content (AvgIpc) is 2.94. The number of rotatable bonds is 2. The van der Waals surface area contributed by atoms with Crippen molar-refractivity contribution in [1.29, 1.82) is 0 Å². The summed E-state index contributed by atoms with van der Waals surface area (Å²) >= 11 is 1.55. The van der Waals surface area contributed by atoms with Gasteiger partial charge in [0.2, 0.25) is 0 Å². The molecule has 0 aromatic carbocycles. The maximum absolute atomic E-state index is 4.63. The second-order valence-electron chi connectivity index (χ2n) is 4.99. The highest BCUT2D eigenvalue weighted by molar-refractivity contribution is 7.05. The number of hydrogen-bond donors (Lipinski definition) is 1. The van der Waals surface area contributed by atoms with E-state index in [9.17, 15) is 0 Å². The molecule has 0 radical (unpaired) electrons. The van der Waals surface area contributed by atoms with Gasteiger partial charge in [-0.3, -0.25) is 4.99 Å². The summed E-state index contributed by atoms with van der Waals surface area (Å²) in [7, 11) is 0. The van der Waals surface area contributed by atoms with E-state index in [1.807, 2.05) is 6.20 Å². The predicted octanol–water partition coefficient (Wildman–Crippen LogP) is 1.70. The maximum Gasteiger partial charge on any atom is 0.194 e. The molecule has 2 unspecified atom stereocenters. The van der Waals surface area contributed by atoms with E-state index in [0.717, 1.165) is 31.5 Å². The van der Waals surface area contributed by atoms with Crippen molar-refractivity contribution in [3.63, 3.8) is 0 Å². The zero-order valence-electron chi connectivity index (χ0n) is 10.1. The lowest BCUT2D eigenvalue weighted by atomic mass is 9.95. The fraction of sp³-hybridized carbons (Fsp3) is 0.667. The smallest absolute Gasteiger partial charge is 0.194 e. The van der Waals surface area contributed by atoms with E-state index >= 15 is 0 Å². The summed E-state index contributed by atoms with van der Waals surface area (Å²) in [5.41, 5.74) is 0. The van der Waals surface area contributed by atoms with Crippen molar-refractivity contribution in [3.05, 3.63) is 17.1 Å². The molecule has 3 heterocycles. The first-order valence-electron chi connectivity index (χ1n) is 6.27. The molecule has 1 aromatic heterocycles. The van der Waals surface area contributed by atoms with Gasteiger partial charge in [-0.25, -0.2) is 4.37 Å². The molecule has 5 heteroatoms. The Bertz CT molecular complexity index is 401.